The molecule has 5 rings (SSSR count). The quantitative estimate of drug-likeness (QED) is 0.205. The summed E-state index contributed by atoms with van der Waals surface area (Å²) in [5.74, 6) is 0. The van der Waals surface area contributed by atoms with Gasteiger partial charge in [0.1, 0.15) is 0 Å². The molecule has 5 aromatic rings. The van der Waals surface area contributed by atoms with Gasteiger partial charge in [-0.3, -0.25) is 0 Å². The number of fused-ring (bicyclic) bond motifs is 3. The highest BCUT2D eigenvalue weighted by molar-refractivity contribution is 6.38. The van der Waals surface area contributed by atoms with Gasteiger partial charge in [-0.15, -0.1) is 0 Å². The highest BCUT2D eigenvalue weighted by Gasteiger charge is 2.16. The molecule has 3 N–H and O–H groups in total. The second-order valence-corrected chi connectivity index (χ2v) is 8.15. The number of hydrogen-bond acceptors (Lipinski definition) is 4. The number of rotatable bonds is 5. The van der Waals surface area contributed by atoms with Crippen LogP contribution in [0.4, 0.5) is 0 Å². The predicted molar refractivity (Wildman–Crippen MR) is 144 cm³/mol. The molecule has 3 aromatic carbocycles. The summed E-state index contributed by atoms with van der Waals surface area (Å²) in [5.41, 5.74) is 5.15. The molecule has 181 valence electrons. The van der Waals surface area contributed by atoms with Gasteiger partial charge < -0.3 is 19.7 Å². The van der Waals surface area contributed by atoms with Crippen molar-refractivity contribution in [1.29, 1.82) is 0 Å². The minimum atomic E-state index is -1.17. The van der Waals surface area contributed by atoms with Crippen molar-refractivity contribution < 1.29 is 28.9 Å². The zero-order chi connectivity index (χ0) is 25.8. The van der Waals surface area contributed by atoms with Crippen LogP contribution in [-0.2, 0) is 17.7 Å². The van der Waals surface area contributed by atoms with Crippen LogP contribution in [0.3, 0.4) is 0 Å². The molecule has 2 aromatic heterocycles. The second kappa shape index (κ2) is 14.1. The van der Waals surface area contributed by atoms with E-state index in [-0.39, 0.29) is 0 Å². The molecule has 36 heavy (non-hydrogen) atoms. The third-order valence-electron chi connectivity index (χ3n) is 5.41. The fourth-order valence-corrected chi connectivity index (χ4v) is 3.95. The summed E-state index contributed by atoms with van der Waals surface area (Å²) in [6.07, 6.45) is 4.34. The molecule has 0 aliphatic heterocycles. The number of aromatic nitrogens is 2. The molecule has 0 saturated carbocycles. The molecule has 2 heterocycles. The maximum atomic E-state index is 7.61. The van der Waals surface area contributed by atoms with E-state index in [9.17, 15) is 0 Å². The lowest BCUT2D eigenvalue weighted by Gasteiger charge is -2.06. The van der Waals surface area contributed by atoms with Gasteiger partial charge in [0, 0.05) is 42.5 Å². The Morgan fingerprint density at radius 3 is 1.36 bits per heavy atom. The summed E-state index contributed by atoms with van der Waals surface area (Å²) in [7, 11) is 0.833. The Labute approximate surface area is 213 Å². The first-order valence-corrected chi connectivity index (χ1v) is 11.7. The molecule has 8 heteroatoms. The van der Waals surface area contributed by atoms with Crippen LogP contribution in [0.15, 0.2) is 109 Å². The number of pyridine rings is 2. The Balaban J connectivity index is 0.000000398. The summed E-state index contributed by atoms with van der Waals surface area (Å²) in [6.45, 7) is 3.03. The number of hydrogen-bond donors (Lipinski definition) is 3. The summed E-state index contributed by atoms with van der Waals surface area (Å²) >= 11 is 0. The molecule has 0 fully saturated rings. The van der Waals surface area contributed by atoms with Gasteiger partial charge in [-0.25, -0.2) is 0 Å². The lowest BCUT2D eigenvalue weighted by molar-refractivity contribution is -0.664. The van der Waals surface area contributed by atoms with Gasteiger partial charge in [-0.2, -0.15) is 9.13 Å². The molecule has 0 atom stereocenters. The lowest BCUT2D eigenvalue weighted by atomic mass is 9.99. The topological polar surface area (TPSA) is 77.7 Å². The highest BCUT2D eigenvalue weighted by Crippen LogP contribution is 2.21. The van der Waals surface area contributed by atoms with Crippen molar-refractivity contribution in [1.82, 2.24) is 0 Å². The molecule has 0 saturated heterocycles. The van der Waals surface area contributed by atoms with Crippen molar-refractivity contribution in [2.75, 3.05) is 7.11 Å². The Morgan fingerprint density at radius 1 is 0.667 bits per heavy atom. The lowest BCUT2D eigenvalue weighted by Crippen LogP contribution is -2.36. The second-order valence-electron chi connectivity index (χ2n) is 8.15. The molecule has 0 spiro atoms. The van der Waals surface area contributed by atoms with Gasteiger partial charge >= 0.3 is 14.8 Å². The van der Waals surface area contributed by atoms with E-state index in [1.165, 1.54) is 46.9 Å². The first-order valence-electron chi connectivity index (χ1n) is 11.7. The largest absolute Gasteiger partial charge is 0.484 e. The molecular weight excluding hydrogens is 450 g/mol. The van der Waals surface area contributed by atoms with Crippen molar-refractivity contribution in [3.63, 3.8) is 0 Å². The minimum Gasteiger partial charge on any atom is -0.429 e. The van der Waals surface area contributed by atoms with Crippen molar-refractivity contribution in [3.05, 3.63) is 121 Å². The van der Waals surface area contributed by atoms with Crippen LogP contribution in [0, 0.1) is 0 Å². The van der Waals surface area contributed by atoms with Gasteiger partial charge in [0.2, 0.25) is 11.0 Å². The van der Waals surface area contributed by atoms with Gasteiger partial charge in [0.05, 0.1) is 10.8 Å². The van der Waals surface area contributed by atoms with E-state index in [1.807, 2.05) is 0 Å². The maximum Gasteiger partial charge on any atom is 0.484 e. The molecule has 0 unspecified atom stereocenters. The third-order valence-corrected chi connectivity index (χ3v) is 5.41. The fourth-order valence-electron chi connectivity index (χ4n) is 3.95. The molecule has 0 aliphatic carbocycles. The SMILES string of the molecule is CB(O)O.CO[B]O.c1ccc(C[n+]2cccc3c4ccc[n+](Cc5ccccc5)c4ccc32)cc1. The average Bonchev–Trinajstić information content (AvgIpc) is 2.90. The highest BCUT2D eigenvalue weighted by atomic mass is 16.5. The van der Waals surface area contributed by atoms with Crippen LogP contribution < -0.4 is 9.13 Å². The summed E-state index contributed by atoms with van der Waals surface area (Å²) in [4.78, 5) is 0. The van der Waals surface area contributed by atoms with Crippen LogP contribution in [0.1, 0.15) is 11.1 Å². The van der Waals surface area contributed by atoms with Crippen LogP contribution in [0.5, 0.6) is 0 Å². The average molecular weight is 481 g/mol. The standard InChI is InChI=1S/C26H22N2.CH4BO2.CH5BO2/c1-3-9-21(10-4-1)19-27-17-7-13-23-24-14-8-18-28(26(24)16-15-25(23)27)20-22-11-5-2-6-12-22;1-4-2-3;1-2(3)4/h1-18H,19-20H2;3H,1H3;3-4H,1H3/q+2;;. The molecule has 0 bridgehead atoms. The minimum absolute atomic E-state index is 0.625. The molecule has 0 amide bonds. The Hall–Kier alpha value is -3.55. The van der Waals surface area contributed by atoms with E-state index in [2.05, 4.69) is 123 Å². The van der Waals surface area contributed by atoms with E-state index in [0.717, 1.165) is 13.1 Å². The molecule has 6 nitrogen and oxygen atoms in total. The Bertz CT molecular complexity index is 1250. The van der Waals surface area contributed by atoms with Crippen molar-refractivity contribution >= 4 is 36.6 Å². The first-order chi connectivity index (χ1) is 17.5. The van der Waals surface area contributed by atoms with E-state index < -0.39 is 7.12 Å². The summed E-state index contributed by atoms with van der Waals surface area (Å²) in [5, 5.41) is 25.3. The van der Waals surface area contributed by atoms with Gasteiger partial charge in [-0.05, 0) is 19.0 Å². The van der Waals surface area contributed by atoms with Crippen LogP contribution in [0.25, 0.3) is 21.8 Å². The zero-order valence-electron chi connectivity index (χ0n) is 20.6. The molecule has 1 radical (unpaired) electrons. The van der Waals surface area contributed by atoms with Crippen LogP contribution in [0.2, 0.25) is 6.82 Å². The van der Waals surface area contributed by atoms with Crippen molar-refractivity contribution in [2.24, 2.45) is 0 Å². The molecule has 0 aliphatic rings. The molecular formula is C28H31B2N2O4+2. The van der Waals surface area contributed by atoms with Crippen molar-refractivity contribution in [2.45, 2.75) is 19.9 Å². The Morgan fingerprint density at radius 2 is 1.03 bits per heavy atom. The van der Waals surface area contributed by atoms with E-state index in [4.69, 9.17) is 15.1 Å². The van der Waals surface area contributed by atoms with E-state index in [1.54, 1.807) is 0 Å². The fraction of sp³-hybridized carbons (Fsp3) is 0.143. The maximum absolute atomic E-state index is 7.61. The normalized spacial score (nSPS) is 10.1. The van der Waals surface area contributed by atoms with E-state index in [0.29, 0.717) is 7.69 Å². The third kappa shape index (κ3) is 7.73. The van der Waals surface area contributed by atoms with Gasteiger partial charge in [-0.1, -0.05) is 60.7 Å². The van der Waals surface area contributed by atoms with Crippen LogP contribution >= 0.6 is 0 Å². The predicted octanol–water partition coefficient (Wildman–Crippen LogP) is 2.91. The van der Waals surface area contributed by atoms with Gasteiger partial charge in [0.25, 0.3) is 0 Å². The zero-order valence-corrected chi connectivity index (χ0v) is 20.6. The Kier molecular flexibility index (Phi) is 10.6. The van der Waals surface area contributed by atoms with Crippen LogP contribution in [-0.4, -0.2) is 37.0 Å². The smallest absolute Gasteiger partial charge is 0.429 e. The summed E-state index contributed by atoms with van der Waals surface area (Å²) in [6, 6.07) is 34.5. The number of benzene rings is 3. The number of nitrogens with zero attached hydrogens (tertiary/aromatic N) is 2. The first kappa shape index (κ1) is 27.0. The van der Waals surface area contributed by atoms with Gasteiger partial charge in [0.15, 0.2) is 25.5 Å². The summed E-state index contributed by atoms with van der Waals surface area (Å²) < 4.78 is 8.64. The monoisotopic (exact) mass is 481 g/mol. The van der Waals surface area contributed by atoms with Crippen molar-refractivity contribution in [3.8, 4) is 0 Å². The van der Waals surface area contributed by atoms with E-state index >= 15 is 0 Å².